The quantitative estimate of drug-likeness (QED) is 0.282. The molecule has 0 unspecified atom stereocenters. The number of benzene rings is 1. The number of nitrogens with zero attached hydrogens (tertiary/aromatic N) is 3. The molecule has 3 aromatic rings. The van der Waals surface area contributed by atoms with Gasteiger partial charge < -0.3 is 9.52 Å². The summed E-state index contributed by atoms with van der Waals surface area (Å²) >= 11 is 2.56. The predicted molar refractivity (Wildman–Crippen MR) is 119 cm³/mol. The lowest BCUT2D eigenvalue weighted by Gasteiger charge is -2.00. The lowest BCUT2D eigenvalue weighted by atomic mass is 10.1. The molecule has 0 atom stereocenters. The zero-order chi connectivity index (χ0) is 22.4. The third-order valence-electron chi connectivity index (χ3n) is 3.87. The fraction of sp³-hybridized carbons (Fsp3) is 0.190. The van der Waals surface area contributed by atoms with Crippen LogP contribution in [0.4, 0.5) is 5.13 Å². The van der Waals surface area contributed by atoms with E-state index < -0.39 is 11.9 Å². The number of carboxylic acids is 1. The third kappa shape index (κ3) is 6.04. The molecule has 0 radical (unpaired) electrons. The van der Waals surface area contributed by atoms with E-state index >= 15 is 0 Å². The van der Waals surface area contributed by atoms with Crippen LogP contribution in [0, 0.1) is 17.2 Å². The summed E-state index contributed by atoms with van der Waals surface area (Å²) in [4.78, 5) is 27.6. The Morgan fingerprint density at radius 3 is 2.68 bits per heavy atom. The van der Waals surface area contributed by atoms with Crippen molar-refractivity contribution in [2.45, 2.75) is 19.0 Å². The van der Waals surface area contributed by atoms with Crippen molar-refractivity contribution in [2.24, 2.45) is 5.92 Å². The van der Waals surface area contributed by atoms with Gasteiger partial charge in [0.05, 0.1) is 5.56 Å². The molecular weight excluding hydrogens is 436 g/mol. The largest absolute Gasteiger partial charge is 0.478 e. The van der Waals surface area contributed by atoms with Crippen molar-refractivity contribution in [3.05, 3.63) is 53.3 Å². The summed E-state index contributed by atoms with van der Waals surface area (Å²) in [7, 11) is 0. The number of carbonyl (C=O) groups excluding carboxylic acids is 1. The maximum Gasteiger partial charge on any atom is 0.335 e. The van der Waals surface area contributed by atoms with E-state index in [1.54, 1.807) is 24.3 Å². The summed E-state index contributed by atoms with van der Waals surface area (Å²) in [5.41, 5.74) is 0.697. The van der Waals surface area contributed by atoms with Gasteiger partial charge in [0.25, 0.3) is 5.91 Å². The molecule has 2 heterocycles. The monoisotopic (exact) mass is 454 g/mol. The Morgan fingerprint density at radius 1 is 1.29 bits per heavy atom. The van der Waals surface area contributed by atoms with Crippen molar-refractivity contribution in [3.8, 4) is 17.4 Å². The summed E-state index contributed by atoms with van der Waals surface area (Å²) < 4.78 is 9.86. The molecule has 3 rings (SSSR count). The molecule has 0 saturated heterocycles. The summed E-state index contributed by atoms with van der Waals surface area (Å²) in [6, 6.07) is 11.4. The second-order valence-corrected chi connectivity index (χ2v) is 8.53. The second kappa shape index (κ2) is 10.1. The van der Waals surface area contributed by atoms with Crippen LogP contribution in [0.1, 0.15) is 30.0 Å². The van der Waals surface area contributed by atoms with Crippen LogP contribution in [0.15, 0.2) is 51.5 Å². The van der Waals surface area contributed by atoms with Crippen LogP contribution in [0.2, 0.25) is 0 Å². The van der Waals surface area contributed by atoms with E-state index in [0.29, 0.717) is 33.3 Å². The number of thioether (sulfide) groups is 1. The number of furan rings is 1. The number of aromatic carboxylic acids is 1. The van der Waals surface area contributed by atoms with Gasteiger partial charge in [0.1, 0.15) is 23.2 Å². The molecule has 0 aliphatic rings. The van der Waals surface area contributed by atoms with Gasteiger partial charge in [-0.25, -0.2) is 4.79 Å². The van der Waals surface area contributed by atoms with Crippen molar-refractivity contribution in [3.63, 3.8) is 0 Å². The van der Waals surface area contributed by atoms with Crippen molar-refractivity contribution < 1.29 is 19.1 Å². The molecule has 31 heavy (non-hydrogen) atoms. The van der Waals surface area contributed by atoms with E-state index in [-0.39, 0.29) is 11.1 Å². The Morgan fingerprint density at radius 2 is 2.03 bits per heavy atom. The normalized spacial score (nSPS) is 11.4. The zero-order valence-electron chi connectivity index (χ0n) is 16.7. The Hall–Kier alpha value is -3.42. The summed E-state index contributed by atoms with van der Waals surface area (Å²) in [5, 5.41) is 21.8. The number of amides is 1. The lowest BCUT2D eigenvalue weighted by molar-refractivity contribution is -0.112. The number of carboxylic acid groups (broad SMARTS) is 1. The molecule has 1 amide bonds. The van der Waals surface area contributed by atoms with E-state index in [4.69, 9.17) is 9.52 Å². The number of nitrogens with one attached hydrogen (secondary N) is 1. The van der Waals surface area contributed by atoms with Gasteiger partial charge in [0.2, 0.25) is 10.3 Å². The predicted octanol–water partition coefficient (Wildman–Crippen LogP) is 4.79. The fourth-order valence-electron chi connectivity index (χ4n) is 2.38. The van der Waals surface area contributed by atoms with Crippen molar-refractivity contribution in [1.29, 1.82) is 5.26 Å². The number of anilines is 1. The van der Waals surface area contributed by atoms with Gasteiger partial charge in [0.15, 0.2) is 0 Å². The molecule has 0 fully saturated rings. The minimum absolute atomic E-state index is 0.145. The molecule has 2 N–H and O–H groups in total. The van der Waals surface area contributed by atoms with Crippen molar-refractivity contribution in [1.82, 2.24) is 9.36 Å². The van der Waals surface area contributed by atoms with E-state index in [9.17, 15) is 14.9 Å². The summed E-state index contributed by atoms with van der Waals surface area (Å²) in [5.74, 6) is 0.537. The molecule has 0 saturated carbocycles. The average Bonchev–Trinajstić information content (AvgIpc) is 3.40. The van der Waals surface area contributed by atoms with Gasteiger partial charge in [-0.3, -0.25) is 10.1 Å². The van der Waals surface area contributed by atoms with Gasteiger partial charge in [-0.05, 0) is 30.2 Å². The molecule has 0 spiro atoms. The van der Waals surface area contributed by atoms with Gasteiger partial charge in [-0.2, -0.15) is 14.6 Å². The first-order valence-corrected chi connectivity index (χ1v) is 10.9. The Labute approximate surface area is 186 Å². The molecule has 0 aliphatic heterocycles. The van der Waals surface area contributed by atoms with E-state index in [1.165, 1.54) is 30.0 Å². The highest BCUT2D eigenvalue weighted by Gasteiger charge is 2.15. The smallest absolute Gasteiger partial charge is 0.335 e. The van der Waals surface area contributed by atoms with Crippen LogP contribution in [0.25, 0.3) is 17.4 Å². The molecule has 2 aromatic heterocycles. The molecular formula is C21H18N4O4S2. The fourth-order valence-corrected chi connectivity index (χ4v) is 3.87. The van der Waals surface area contributed by atoms with Gasteiger partial charge in [-0.1, -0.05) is 37.7 Å². The van der Waals surface area contributed by atoms with Gasteiger partial charge >= 0.3 is 5.97 Å². The number of aromatic nitrogens is 2. The van der Waals surface area contributed by atoms with Crippen LogP contribution in [0.3, 0.4) is 0 Å². The van der Waals surface area contributed by atoms with E-state index in [2.05, 4.69) is 28.5 Å². The third-order valence-corrected chi connectivity index (χ3v) is 5.89. The zero-order valence-corrected chi connectivity index (χ0v) is 18.3. The summed E-state index contributed by atoms with van der Waals surface area (Å²) in [6.45, 7) is 4.19. The SMILES string of the molecule is CC(C)CSc1nsc(NC(=O)/C(C#N)=C\c2ccc(-c3ccc(C(=O)O)cc3)o2)n1. The Bertz CT molecular complexity index is 1160. The van der Waals surface area contributed by atoms with Crippen LogP contribution in [-0.2, 0) is 4.79 Å². The van der Waals surface area contributed by atoms with E-state index in [0.717, 1.165) is 17.3 Å². The highest BCUT2D eigenvalue weighted by molar-refractivity contribution is 7.99. The van der Waals surface area contributed by atoms with Crippen LogP contribution >= 0.6 is 23.3 Å². The molecule has 0 bridgehead atoms. The lowest BCUT2D eigenvalue weighted by Crippen LogP contribution is -2.13. The highest BCUT2D eigenvalue weighted by atomic mass is 32.2. The van der Waals surface area contributed by atoms with Crippen LogP contribution < -0.4 is 5.32 Å². The molecule has 158 valence electrons. The van der Waals surface area contributed by atoms with Crippen molar-refractivity contribution >= 4 is 46.4 Å². The number of nitriles is 1. The first-order chi connectivity index (χ1) is 14.9. The highest BCUT2D eigenvalue weighted by Crippen LogP contribution is 2.25. The maximum atomic E-state index is 12.4. The Balaban J connectivity index is 1.69. The maximum absolute atomic E-state index is 12.4. The Kier molecular flexibility index (Phi) is 7.23. The number of hydrogen-bond donors (Lipinski definition) is 2. The molecule has 1 aromatic carbocycles. The summed E-state index contributed by atoms with van der Waals surface area (Å²) in [6.07, 6.45) is 1.33. The van der Waals surface area contributed by atoms with Crippen LogP contribution in [-0.4, -0.2) is 32.1 Å². The second-order valence-electron chi connectivity index (χ2n) is 6.80. The van der Waals surface area contributed by atoms with Gasteiger partial charge in [0, 0.05) is 28.9 Å². The molecule has 10 heteroatoms. The number of rotatable bonds is 8. The molecule has 8 nitrogen and oxygen atoms in total. The van der Waals surface area contributed by atoms with Crippen LogP contribution in [0.5, 0.6) is 0 Å². The van der Waals surface area contributed by atoms with Gasteiger partial charge in [-0.15, -0.1) is 0 Å². The van der Waals surface area contributed by atoms with E-state index in [1.807, 2.05) is 6.07 Å². The first kappa shape index (κ1) is 22.3. The standard InChI is InChI=1S/C21H18N4O4S2/c1-12(2)11-30-21-24-20(31-25-21)23-18(26)15(10-22)9-16-7-8-17(29-16)13-3-5-14(6-4-13)19(27)28/h3-9,12H,11H2,1-2H3,(H,27,28)(H,23,24,25,26)/b15-9-. The molecule has 0 aliphatic carbocycles. The number of hydrogen-bond acceptors (Lipinski definition) is 8. The minimum atomic E-state index is -1.01. The first-order valence-electron chi connectivity index (χ1n) is 9.19. The topological polar surface area (TPSA) is 129 Å². The average molecular weight is 455 g/mol. The number of carbonyl (C=O) groups is 2. The van der Waals surface area contributed by atoms with Crippen molar-refractivity contribution in [2.75, 3.05) is 11.1 Å². The minimum Gasteiger partial charge on any atom is -0.478 e.